The summed E-state index contributed by atoms with van der Waals surface area (Å²) in [6, 6.07) is 18.7. The Morgan fingerprint density at radius 2 is 1.72 bits per heavy atom. The lowest BCUT2D eigenvalue weighted by Crippen LogP contribution is -2.31. The molecule has 0 atom stereocenters. The van der Waals surface area contributed by atoms with Crippen molar-refractivity contribution in [1.82, 2.24) is 4.98 Å². The van der Waals surface area contributed by atoms with Crippen LogP contribution in [-0.4, -0.2) is 17.1 Å². The number of aromatic nitrogens is 1. The molecular weight excluding hydrogens is 310 g/mol. The molecule has 1 fully saturated rings. The van der Waals surface area contributed by atoms with Crippen LogP contribution in [-0.2, 0) is 0 Å². The van der Waals surface area contributed by atoms with Crippen molar-refractivity contribution in [3.8, 4) is 5.75 Å². The molecule has 4 rings (SSSR count). The maximum absolute atomic E-state index is 6.17. The number of hydrogen-bond donors (Lipinski definition) is 2. The van der Waals surface area contributed by atoms with E-state index < -0.39 is 0 Å². The summed E-state index contributed by atoms with van der Waals surface area (Å²) in [5, 5.41) is 5.57. The summed E-state index contributed by atoms with van der Waals surface area (Å²) < 4.78 is 6.17. The van der Waals surface area contributed by atoms with Gasteiger partial charge in [0.05, 0.1) is 6.10 Å². The number of nitrogens with two attached hydrogens (primary N) is 1. The Hall–Kier alpha value is -2.59. The number of fused-ring (bicyclic) bond motifs is 1. The summed E-state index contributed by atoms with van der Waals surface area (Å²) in [5.74, 6) is 1.75. The van der Waals surface area contributed by atoms with E-state index in [0.717, 1.165) is 53.7 Å². The first-order valence-electron chi connectivity index (χ1n) is 8.90. The Balaban J connectivity index is 1.52. The zero-order valence-corrected chi connectivity index (χ0v) is 14.2. The lowest BCUT2D eigenvalue weighted by molar-refractivity contribution is 0.147. The summed E-state index contributed by atoms with van der Waals surface area (Å²) in [4.78, 5) is 4.49. The van der Waals surface area contributed by atoms with E-state index in [4.69, 9.17) is 10.5 Å². The van der Waals surface area contributed by atoms with Gasteiger partial charge in [0.2, 0.25) is 0 Å². The standard InChI is InChI=1S/C21H23N3O/c22-17-7-10-19(11-8-17)25-20-9-6-15-14-23-21(13-16(15)12-20)24-18-4-2-1-3-5-18/h1-6,9,12-14,17,19H,7-8,10-11,22H2,(H,23,24). The molecular formula is C21H23N3O. The average Bonchev–Trinajstić information content (AvgIpc) is 2.64. The van der Waals surface area contributed by atoms with Crippen LogP contribution in [0.2, 0.25) is 0 Å². The highest BCUT2D eigenvalue weighted by Gasteiger charge is 2.19. The first-order valence-corrected chi connectivity index (χ1v) is 8.90. The van der Waals surface area contributed by atoms with Crippen LogP contribution in [0.15, 0.2) is 60.8 Å². The molecule has 1 aliphatic rings. The molecule has 0 aliphatic heterocycles. The topological polar surface area (TPSA) is 60.2 Å². The molecule has 3 aromatic rings. The molecule has 1 aromatic heterocycles. The summed E-state index contributed by atoms with van der Waals surface area (Å²) in [6.07, 6.45) is 6.35. The molecule has 4 heteroatoms. The van der Waals surface area contributed by atoms with Gasteiger partial charge in [-0.25, -0.2) is 4.98 Å². The molecule has 2 aromatic carbocycles. The third-order valence-corrected chi connectivity index (χ3v) is 4.76. The molecule has 1 heterocycles. The van der Waals surface area contributed by atoms with Crippen molar-refractivity contribution in [3.63, 3.8) is 0 Å². The maximum Gasteiger partial charge on any atom is 0.130 e. The van der Waals surface area contributed by atoms with Crippen molar-refractivity contribution in [2.45, 2.75) is 37.8 Å². The number of hydrogen-bond acceptors (Lipinski definition) is 4. The molecule has 0 saturated heterocycles. The third kappa shape index (κ3) is 3.91. The first kappa shape index (κ1) is 15.9. The van der Waals surface area contributed by atoms with Gasteiger partial charge >= 0.3 is 0 Å². The van der Waals surface area contributed by atoms with Crippen molar-refractivity contribution in [2.24, 2.45) is 5.73 Å². The molecule has 0 radical (unpaired) electrons. The number of ether oxygens (including phenoxy) is 1. The number of para-hydroxylation sites is 1. The van der Waals surface area contributed by atoms with Gasteiger partial charge in [0.15, 0.2) is 0 Å². The fourth-order valence-corrected chi connectivity index (χ4v) is 3.33. The van der Waals surface area contributed by atoms with Crippen LogP contribution in [0.1, 0.15) is 25.7 Å². The normalized spacial score (nSPS) is 20.4. The molecule has 128 valence electrons. The largest absolute Gasteiger partial charge is 0.490 e. The Morgan fingerprint density at radius 3 is 2.52 bits per heavy atom. The molecule has 4 nitrogen and oxygen atoms in total. The van der Waals surface area contributed by atoms with E-state index in [1.807, 2.05) is 42.6 Å². The molecule has 1 aliphatic carbocycles. The van der Waals surface area contributed by atoms with E-state index >= 15 is 0 Å². The second kappa shape index (κ2) is 7.11. The van der Waals surface area contributed by atoms with E-state index in [9.17, 15) is 0 Å². The van der Waals surface area contributed by atoms with Crippen LogP contribution in [0.4, 0.5) is 11.5 Å². The number of nitrogens with zero attached hydrogens (tertiary/aromatic N) is 1. The van der Waals surface area contributed by atoms with Gasteiger partial charge in [-0.05, 0) is 67.5 Å². The van der Waals surface area contributed by atoms with Crippen molar-refractivity contribution in [2.75, 3.05) is 5.32 Å². The highest BCUT2D eigenvalue weighted by Crippen LogP contribution is 2.27. The van der Waals surface area contributed by atoms with Crippen molar-refractivity contribution < 1.29 is 4.74 Å². The van der Waals surface area contributed by atoms with Gasteiger partial charge in [0.1, 0.15) is 11.6 Å². The molecule has 0 amide bonds. The second-order valence-corrected chi connectivity index (χ2v) is 6.72. The number of pyridine rings is 1. The van der Waals surface area contributed by atoms with E-state index in [1.165, 1.54) is 0 Å². The van der Waals surface area contributed by atoms with E-state index in [0.29, 0.717) is 6.04 Å². The molecule has 0 bridgehead atoms. The van der Waals surface area contributed by atoms with Gasteiger partial charge in [-0.2, -0.15) is 0 Å². The number of nitrogens with one attached hydrogen (secondary N) is 1. The smallest absolute Gasteiger partial charge is 0.130 e. The lowest BCUT2D eigenvalue weighted by atomic mass is 9.94. The van der Waals surface area contributed by atoms with Gasteiger partial charge in [0.25, 0.3) is 0 Å². The van der Waals surface area contributed by atoms with Crippen LogP contribution in [0.5, 0.6) is 5.75 Å². The fourth-order valence-electron chi connectivity index (χ4n) is 3.33. The molecule has 0 spiro atoms. The highest BCUT2D eigenvalue weighted by atomic mass is 16.5. The van der Waals surface area contributed by atoms with Gasteiger partial charge in [-0.15, -0.1) is 0 Å². The Labute approximate surface area is 148 Å². The van der Waals surface area contributed by atoms with Gasteiger partial charge < -0.3 is 15.8 Å². The van der Waals surface area contributed by atoms with E-state index in [1.54, 1.807) is 0 Å². The van der Waals surface area contributed by atoms with Crippen molar-refractivity contribution in [3.05, 3.63) is 60.8 Å². The number of anilines is 2. The highest BCUT2D eigenvalue weighted by molar-refractivity contribution is 5.85. The predicted octanol–water partition coefficient (Wildman–Crippen LogP) is 4.63. The monoisotopic (exact) mass is 333 g/mol. The Morgan fingerprint density at radius 1 is 0.920 bits per heavy atom. The zero-order chi connectivity index (χ0) is 17.1. The third-order valence-electron chi connectivity index (χ3n) is 4.76. The minimum absolute atomic E-state index is 0.279. The summed E-state index contributed by atoms with van der Waals surface area (Å²) >= 11 is 0. The summed E-state index contributed by atoms with van der Waals surface area (Å²) in [7, 11) is 0. The first-order chi connectivity index (χ1) is 12.3. The summed E-state index contributed by atoms with van der Waals surface area (Å²) in [5.41, 5.74) is 7.00. The fraction of sp³-hybridized carbons (Fsp3) is 0.286. The molecule has 1 saturated carbocycles. The van der Waals surface area contributed by atoms with E-state index in [-0.39, 0.29) is 6.10 Å². The van der Waals surface area contributed by atoms with Gasteiger partial charge in [-0.1, -0.05) is 18.2 Å². The second-order valence-electron chi connectivity index (χ2n) is 6.72. The average molecular weight is 333 g/mol. The zero-order valence-electron chi connectivity index (χ0n) is 14.2. The Bertz CT molecular complexity index is 842. The lowest BCUT2D eigenvalue weighted by Gasteiger charge is -2.26. The van der Waals surface area contributed by atoms with Crippen LogP contribution < -0.4 is 15.8 Å². The summed E-state index contributed by atoms with van der Waals surface area (Å²) in [6.45, 7) is 0. The molecule has 3 N–H and O–H groups in total. The Kier molecular flexibility index (Phi) is 4.53. The van der Waals surface area contributed by atoms with Crippen molar-refractivity contribution >= 4 is 22.3 Å². The minimum Gasteiger partial charge on any atom is -0.490 e. The van der Waals surface area contributed by atoms with Crippen LogP contribution in [0, 0.1) is 0 Å². The van der Waals surface area contributed by atoms with Crippen LogP contribution >= 0.6 is 0 Å². The van der Waals surface area contributed by atoms with Crippen molar-refractivity contribution in [1.29, 1.82) is 0 Å². The number of rotatable bonds is 4. The van der Waals surface area contributed by atoms with Crippen LogP contribution in [0.25, 0.3) is 10.8 Å². The van der Waals surface area contributed by atoms with E-state index in [2.05, 4.69) is 28.5 Å². The van der Waals surface area contributed by atoms with Crippen LogP contribution in [0.3, 0.4) is 0 Å². The SMILES string of the molecule is NC1CCC(Oc2ccc3cnc(Nc4ccccc4)cc3c2)CC1. The minimum atomic E-state index is 0.279. The quantitative estimate of drug-likeness (QED) is 0.731. The predicted molar refractivity (Wildman–Crippen MR) is 102 cm³/mol. The maximum atomic E-state index is 6.17. The molecule has 0 unspecified atom stereocenters. The number of benzene rings is 2. The van der Waals surface area contributed by atoms with Gasteiger partial charge in [0, 0.05) is 23.3 Å². The van der Waals surface area contributed by atoms with Gasteiger partial charge in [-0.3, -0.25) is 0 Å². The molecule has 25 heavy (non-hydrogen) atoms.